The van der Waals surface area contributed by atoms with E-state index in [4.69, 9.17) is 34.8 Å². The van der Waals surface area contributed by atoms with Crippen LogP contribution in [0.2, 0.25) is 0 Å². The Hall–Kier alpha value is 0.870. The van der Waals surface area contributed by atoms with E-state index in [0.717, 1.165) is 12.3 Å². The van der Waals surface area contributed by atoms with E-state index < -0.39 is 0 Å². The van der Waals surface area contributed by atoms with Gasteiger partial charge in [-0.2, -0.15) is 0 Å². The first kappa shape index (κ1) is 8.47. The highest BCUT2D eigenvalue weighted by molar-refractivity contribution is 6.50. The Balaban J connectivity index is 1.62. The molecule has 0 saturated heterocycles. The van der Waals surface area contributed by atoms with Crippen LogP contribution in [0.25, 0.3) is 0 Å². The summed E-state index contributed by atoms with van der Waals surface area (Å²) in [5.41, 5.74) is 0. The zero-order valence-electron chi connectivity index (χ0n) is 6.19. The van der Waals surface area contributed by atoms with Crippen LogP contribution in [-0.4, -0.2) is 9.71 Å². The third-order valence-electron chi connectivity index (χ3n) is 2.68. The van der Waals surface area contributed by atoms with Crippen LogP contribution in [0, 0.1) is 11.8 Å². The molecular formula is C8H11Cl3. The van der Waals surface area contributed by atoms with Crippen molar-refractivity contribution in [2.45, 2.75) is 35.4 Å². The van der Waals surface area contributed by atoms with Crippen LogP contribution in [0.5, 0.6) is 0 Å². The lowest BCUT2D eigenvalue weighted by atomic mass is 10.1. The zero-order valence-corrected chi connectivity index (χ0v) is 8.46. The van der Waals surface area contributed by atoms with Crippen LogP contribution in [0.15, 0.2) is 0 Å². The van der Waals surface area contributed by atoms with Crippen LogP contribution < -0.4 is 0 Å². The summed E-state index contributed by atoms with van der Waals surface area (Å²) in [5, 5.41) is 0.453. The van der Waals surface area contributed by atoms with E-state index in [2.05, 4.69) is 0 Å². The standard InChI is InChI=1S/C8H11Cl3/c9-7-3-5(7)1-2-6-4-8(6,10)11/h5-7H,1-4H2. The van der Waals surface area contributed by atoms with E-state index >= 15 is 0 Å². The van der Waals surface area contributed by atoms with Gasteiger partial charge < -0.3 is 0 Å². The van der Waals surface area contributed by atoms with Gasteiger partial charge >= 0.3 is 0 Å². The monoisotopic (exact) mass is 212 g/mol. The Bertz CT molecular complexity index is 167. The maximum absolute atomic E-state index is 5.88. The first-order valence-electron chi connectivity index (χ1n) is 4.11. The molecule has 0 aromatic rings. The second-order valence-corrected chi connectivity index (χ2v) is 5.85. The van der Waals surface area contributed by atoms with Gasteiger partial charge in [-0.05, 0) is 37.5 Å². The molecule has 0 N–H and O–H groups in total. The maximum Gasteiger partial charge on any atom is 0.121 e. The molecule has 0 amide bonds. The Morgan fingerprint density at radius 3 is 2.18 bits per heavy atom. The fourth-order valence-corrected chi connectivity index (χ4v) is 2.45. The van der Waals surface area contributed by atoms with Crippen molar-refractivity contribution in [1.82, 2.24) is 0 Å². The van der Waals surface area contributed by atoms with E-state index in [1.54, 1.807) is 0 Å². The largest absolute Gasteiger partial charge is 0.123 e. The van der Waals surface area contributed by atoms with Gasteiger partial charge in [-0.1, -0.05) is 0 Å². The van der Waals surface area contributed by atoms with Gasteiger partial charge in [0.25, 0.3) is 0 Å². The van der Waals surface area contributed by atoms with Crippen molar-refractivity contribution in [1.29, 1.82) is 0 Å². The molecule has 0 aromatic heterocycles. The van der Waals surface area contributed by atoms with E-state index in [1.807, 2.05) is 0 Å². The summed E-state index contributed by atoms with van der Waals surface area (Å²) in [6.07, 6.45) is 4.57. The predicted molar refractivity (Wildman–Crippen MR) is 49.5 cm³/mol. The van der Waals surface area contributed by atoms with Gasteiger partial charge in [0, 0.05) is 5.38 Å². The van der Waals surface area contributed by atoms with Crippen LogP contribution in [0.3, 0.4) is 0 Å². The van der Waals surface area contributed by atoms with Crippen LogP contribution in [-0.2, 0) is 0 Å². The quantitative estimate of drug-likeness (QED) is 0.629. The molecule has 3 heteroatoms. The number of alkyl halides is 3. The highest BCUT2D eigenvalue weighted by Crippen LogP contribution is 2.56. The summed E-state index contributed by atoms with van der Waals surface area (Å²) < 4.78 is -0.378. The van der Waals surface area contributed by atoms with Crippen molar-refractivity contribution in [3.63, 3.8) is 0 Å². The molecule has 3 atom stereocenters. The van der Waals surface area contributed by atoms with Crippen LogP contribution >= 0.6 is 34.8 Å². The molecule has 0 spiro atoms. The minimum Gasteiger partial charge on any atom is -0.123 e. The van der Waals surface area contributed by atoms with Crippen molar-refractivity contribution < 1.29 is 0 Å². The minimum atomic E-state index is -0.378. The van der Waals surface area contributed by atoms with Crippen LogP contribution in [0.4, 0.5) is 0 Å². The first-order chi connectivity index (χ1) is 5.09. The molecule has 2 aliphatic rings. The van der Waals surface area contributed by atoms with Crippen molar-refractivity contribution in [2.24, 2.45) is 11.8 Å². The lowest BCUT2D eigenvalue weighted by molar-refractivity contribution is 0.612. The van der Waals surface area contributed by atoms with Gasteiger partial charge in [0.15, 0.2) is 0 Å². The smallest absolute Gasteiger partial charge is 0.121 e. The number of halogens is 3. The molecule has 2 aliphatic carbocycles. The Kier molecular flexibility index (Phi) is 2.06. The zero-order chi connectivity index (χ0) is 8.06. The molecule has 0 nitrogen and oxygen atoms in total. The Morgan fingerprint density at radius 1 is 1.27 bits per heavy atom. The number of hydrogen-bond donors (Lipinski definition) is 0. The molecule has 11 heavy (non-hydrogen) atoms. The topological polar surface area (TPSA) is 0 Å². The van der Waals surface area contributed by atoms with Gasteiger partial charge in [-0.25, -0.2) is 0 Å². The molecule has 2 rings (SSSR count). The average Bonchev–Trinajstić information content (AvgIpc) is 2.70. The fourth-order valence-electron chi connectivity index (χ4n) is 1.51. The highest BCUT2D eigenvalue weighted by Gasteiger charge is 2.51. The predicted octanol–water partition coefficient (Wildman–Crippen LogP) is 3.59. The molecule has 0 aliphatic heterocycles. The lowest BCUT2D eigenvalue weighted by Gasteiger charge is -1.97. The number of rotatable bonds is 3. The van der Waals surface area contributed by atoms with Gasteiger partial charge in [-0.3, -0.25) is 0 Å². The maximum atomic E-state index is 5.88. The van der Waals surface area contributed by atoms with Crippen molar-refractivity contribution in [3.05, 3.63) is 0 Å². The third kappa shape index (κ3) is 1.96. The molecule has 0 heterocycles. The summed E-state index contributed by atoms with van der Waals surface area (Å²) >= 11 is 17.6. The molecule has 0 aromatic carbocycles. The highest BCUT2D eigenvalue weighted by atomic mass is 35.5. The molecular weight excluding hydrogens is 202 g/mol. The van der Waals surface area contributed by atoms with Crippen molar-refractivity contribution in [2.75, 3.05) is 0 Å². The third-order valence-corrected chi connectivity index (χ3v) is 4.14. The van der Waals surface area contributed by atoms with Crippen molar-refractivity contribution in [3.8, 4) is 0 Å². The summed E-state index contributed by atoms with van der Waals surface area (Å²) in [4.78, 5) is 0. The summed E-state index contributed by atoms with van der Waals surface area (Å²) in [6.45, 7) is 0. The summed E-state index contributed by atoms with van der Waals surface area (Å²) in [6, 6.07) is 0. The van der Waals surface area contributed by atoms with E-state index in [9.17, 15) is 0 Å². The molecule has 2 saturated carbocycles. The van der Waals surface area contributed by atoms with Gasteiger partial charge in [0.1, 0.15) is 4.33 Å². The Labute approximate surface area is 82.2 Å². The van der Waals surface area contributed by atoms with E-state index in [0.29, 0.717) is 11.3 Å². The molecule has 0 bridgehead atoms. The van der Waals surface area contributed by atoms with Gasteiger partial charge in [0.2, 0.25) is 0 Å². The Morgan fingerprint density at radius 2 is 1.82 bits per heavy atom. The molecule has 0 radical (unpaired) electrons. The first-order valence-corrected chi connectivity index (χ1v) is 5.31. The van der Waals surface area contributed by atoms with Crippen molar-refractivity contribution >= 4 is 34.8 Å². The van der Waals surface area contributed by atoms with Gasteiger partial charge in [-0.15, -0.1) is 34.8 Å². The molecule has 2 fully saturated rings. The van der Waals surface area contributed by atoms with Gasteiger partial charge in [0.05, 0.1) is 0 Å². The normalized spacial score (nSPS) is 45.5. The molecule has 64 valence electrons. The molecule has 3 unspecified atom stereocenters. The number of hydrogen-bond acceptors (Lipinski definition) is 0. The average molecular weight is 214 g/mol. The van der Waals surface area contributed by atoms with Crippen LogP contribution in [0.1, 0.15) is 25.7 Å². The minimum absolute atomic E-state index is 0.378. The fraction of sp³-hybridized carbons (Fsp3) is 1.00. The lowest BCUT2D eigenvalue weighted by Crippen LogP contribution is -1.91. The second-order valence-electron chi connectivity index (χ2n) is 3.75. The van der Waals surface area contributed by atoms with E-state index in [1.165, 1.54) is 19.3 Å². The SMILES string of the molecule is ClC1CC1CCC1CC1(Cl)Cl. The second kappa shape index (κ2) is 2.68. The summed E-state index contributed by atoms with van der Waals surface area (Å²) in [7, 11) is 0. The summed E-state index contributed by atoms with van der Waals surface area (Å²) in [5.74, 6) is 1.32. The van der Waals surface area contributed by atoms with E-state index in [-0.39, 0.29) is 4.33 Å².